The fourth-order valence-corrected chi connectivity index (χ4v) is 5.96. The maximum atomic E-state index is 11.9. The predicted molar refractivity (Wildman–Crippen MR) is 106 cm³/mol. The van der Waals surface area contributed by atoms with E-state index in [1.54, 1.807) is 18.1 Å². The van der Waals surface area contributed by atoms with Crippen LogP contribution in [0.2, 0.25) is 5.15 Å². The second-order valence-corrected chi connectivity index (χ2v) is 9.23. The highest BCUT2D eigenvalue weighted by molar-refractivity contribution is 8.00. The van der Waals surface area contributed by atoms with Crippen molar-refractivity contribution in [3.63, 3.8) is 0 Å². The SMILES string of the molecule is Cn1cnc(Cl)c1SCCNC(=O)CCCC[C@@H]1SC[C@@H]2NC(=O)N[C@@H]21. The lowest BCUT2D eigenvalue weighted by atomic mass is 10.0. The predicted octanol–water partition coefficient (Wildman–Crippen LogP) is 2.01. The minimum atomic E-state index is -0.0463. The monoisotopic (exact) mass is 417 g/mol. The summed E-state index contributed by atoms with van der Waals surface area (Å²) in [6.07, 6.45) is 5.15. The molecule has 1 aromatic heterocycles. The molecule has 0 aliphatic carbocycles. The normalized spacial score (nSPS) is 24.2. The quantitative estimate of drug-likeness (QED) is 0.325. The van der Waals surface area contributed by atoms with E-state index in [4.69, 9.17) is 11.6 Å². The smallest absolute Gasteiger partial charge is 0.315 e. The van der Waals surface area contributed by atoms with E-state index in [1.165, 1.54) is 0 Å². The third kappa shape index (κ3) is 5.01. The number of thioether (sulfide) groups is 2. The third-order valence-electron chi connectivity index (χ3n) is 4.58. The van der Waals surface area contributed by atoms with E-state index in [0.717, 1.165) is 35.8 Å². The van der Waals surface area contributed by atoms with Gasteiger partial charge in [0, 0.05) is 36.8 Å². The van der Waals surface area contributed by atoms with Crippen molar-refractivity contribution in [1.82, 2.24) is 25.5 Å². The molecule has 0 bridgehead atoms. The number of carbonyl (C=O) groups is 2. The lowest BCUT2D eigenvalue weighted by Gasteiger charge is -2.16. The van der Waals surface area contributed by atoms with E-state index in [2.05, 4.69) is 20.9 Å². The van der Waals surface area contributed by atoms with Crippen LogP contribution in [0.15, 0.2) is 11.4 Å². The van der Waals surface area contributed by atoms with Crippen LogP contribution in [0.25, 0.3) is 0 Å². The number of urea groups is 1. The molecule has 3 atom stereocenters. The van der Waals surface area contributed by atoms with Gasteiger partial charge in [0.25, 0.3) is 0 Å². The van der Waals surface area contributed by atoms with Crippen LogP contribution in [-0.2, 0) is 11.8 Å². The zero-order valence-electron chi connectivity index (χ0n) is 14.7. The van der Waals surface area contributed by atoms with Crippen molar-refractivity contribution >= 4 is 47.1 Å². The first-order valence-electron chi connectivity index (χ1n) is 8.79. The Balaban J connectivity index is 1.24. The minimum Gasteiger partial charge on any atom is -0.355 e. The zero-order valence-corrected chi connectivity index (χ0v) is 17.1. The second kappa shape index (κ2) is 9.23. The number of aromatic nitrogens is 2. The number of halogens is 1. The number of fused-ring (bicyclic) bond motifs is 1. The van der Waals surface area contributed by atoms with Crippen molar-refractivity contribution in [3.8, 4) is 0 Å². The number of amides is 3. The molecule has 26 heavy (non-hydrogen) atoms. The van der Waals surface area contributed by atoms with Crippen LogP contribution < -0.4 is 16.0 Å². The van der Waals surface area contributed by atoms with Gasteiger partial charge in [0.05, 0.1) is 18.4 Å². The fraction of sp³-hybridized carbons (Fsp3) is 0.688. The van der Waals surface area contributed by atoms with Crippen molar-refractivity contribution in [1.29, 1.82) is 0 Å². The number of nitrogens with one attached hydrogen (secondary N) is 3. The summed E-state index contributed by atoms with van der Waals surface area (Å²) in [4.78, 5) is 27.3. The molecule has 10 heteroatoms. The average Bonchev–Trinajstić information content (AvgIpc) is 3.25. The number of carbonyl (C=O) groups excluding carboxylic acids is 2. The molecule has 2 aliphatic rings. The Morgan fingerprint density at radius 1 is 1.50 bits per heavy atom. The Morgan fingerprint density at radius 2 is 2.35 bits per heavy atom. The van der Waals surface area contributed by atoms with Gasteiger partial charge in [-0.2, -0.15) is 11.8 Å². The largest absolute Gasteiger partial charge is 0.355 e. The summed E-state index contributed by atoms with van der Waals surface area (Å²) in [5.41, 5.74) is 0. The van der Waals surface area contributed by atoms with Gasteiger partial charge < -0.3 is 20.5 Å². The van der Waals surface area contributed by atoms with Gasteiger partial charge >= 0.3 is 6.03 Å². The molecule has 2 aliphatic heterocycles. The minimum absolute atomic E-state index is 0.0463. The molecule has 7 nitrogen and oxygen atoms in total. The van der Waals surface area contributed by atoms with Crippen LogP contribution in [0.4, 0.5) is 4.79 Å². The molecule has 0 spiro atoms. The highest BCUT2D eigenvalue weighted by Crippen LogP contribution is 2.33. The number of hydrogen-bond donors (Lipinski definition) is 3. The summed E-state index contributed by atoms with van der Waals surface area (Å²) in [6, 6.07) is 0.471. The lowest BCUT2D eigenvalue weighted by Crippen LogP contribution is -2.36. The van der Waals surface area contributed by atoms with Crippen molar-refractivity contribution in [3.05, 3.63) is 11.5 Å². The highest BCUT2D eigenvalue weighted by Gasteiger charge is 2.42. The molecule has 0 radical (unpaired) electrons. The number of rotatable bonds is 9. The molecule has 0 saturated carbocycles. The van der Waals surface area contributed by atoms with Crippen molar-refractivity contribution in [2.75, 3.05) is 18.1 Å². The standard InChI is InChI=1S/C16H24ClN5O2S2/c1-22-9-19-14(17)15(22)25-7-6-18-12(23)5-3-2-4-11-13-10(8-26-11)20-16(24)21-13/h9-11,13H,2-8H2,1H3,(H,18,23)(H2,20,21,24)/t10-,11-,13-/m0/s1. The fourth-order valence-electron chi connectivity index (χ4n) is 3.25. The molecule has 3 N–H and O–H groups in total. The van der Waals surface area contributed by atoms with Crippen LogP contribution in [-0.4, -0.2) is 56.9 Å². The Kier molecular flexibility index (Phi) is 6.99. The average molecular weight is 418 g/mol. The Hall–Kier alpha value is -1.06. The van der Waals surface area contributed by atoms with Crippen molar-refractivity contribution in [2.45, 2.75) is 48.0 Å². The van der Waals surface area contributed by atoms with E-state index in [0.29, 0.717) is 23.4 Å². The summed E-state index contributed by atoms with van der Waals surface area (Å²) in [7, 11) is 1.90. The Morgan fingerprint density at radius 3 is 3.12 bits per heavy atom. The molecule has 3 amide bonds. The van der Waals surface area contributed by atoms with Gasteiger partial charge in [-0.15, -0.1) is 11.8 Å². The van der Waals surface area contributed by atoms with Crippen molar-refractivity contribution < 1.29 is 9.59 Å². The third-order valence-corrected chi connectivity index (χ3v) is 7.65. The Labute approximate surface area is 166 Å². The first-order valence-corrected chi connectivity index (χ1v) is 11.2. The van der Waals surface area contributed by atoms with E-state index in [1.807, 2.05) is 23.4 Å². The maximum absolute atomic E-state index is 11.9. The molecule has 0 aromatic carbocycles. The number of hydrogen-bond acceptors (Lipinski definition) is 5. The molecule has 2 saturated heterocycles. The number of unbranched alkanes of at least 4 members (excludes halogenated alkanes) is 1. The first-order chi connectivity index (χ1) is 12.5. The molecular formula is C16H24ClN5O2S2. The molecule has 3 rings (SSSR count). The van der Waals surface area contributed by atoms with E-state index < -0.39 is 0 Å². The summed E-state index contributed by atoms with van der Waals surface area (Å²) in [6.45, 7) is 0.616. The molecule has 2 fully saturated rings. The number of nitrogens with zero attached hydrogens (tertiary/aromatic N) is 2. The van der Waals surface area contributed by atoms with E-state index >= 15 is 0 Å². The molecule has 3 heterocycles. The highest BCUT2D eigenvalue weighted by atomic mass is 35.5. The topological polar surface area (TPSA) is 88.1 Å². The summed E-state index contributed by atoms with van der Waals surface area (Å²) >= 11 is 9.50. The summed E-state index contributed by atoms with van der Waals surface area (Å²) in [5, 5.41) is 10.8. The van der Waals surface area contributed by atoms with E-state index in [-0.39, 0.29) is 24.0 Å². The summed E-state index contributed by atoms with van der Waals surface area (Å²) in [5.74, 6) is 1.83. The van der Waals surface area contributed by atoms with Crippen LogP contribution in [0.5, 0.6) is 0 Å². The van der Waals surface area contributed by atoms with Gasteiger partial charge in [0.1, 0.15) is 5.03 Å². The molecule has 0 unspecified atom stereocenters. The molecule has 144 valence electrons. The molecule has 1 aromatic rings. The van der Waals surface area contributed by atoms with Crippen LogP contribution >= 0.6 is 35.1 Å². The van der Waals surface area contributed by atoms with Gasteiger partial charge in [-0.1, -0.05) is 18.0 Å². The Bertz CT molecular complexity index is 637. The van der Waals surface area contributed by atoms with Gasteiger partial charge in [0.15, 0.2) is 5.15 Å². The van der Waals surface area contributed by atoms with Gasteiger partial charge in [-0.25, -0.2) is 9.78 Å². The number of imidazole rings is 1. The van der Waals surface area contributed by atoms with Crippen LogP contribution in [0.3, 0.4) is 0 Å². The maximum Gasteiger partial charge on any atom is 0.315 e. The van der Waals surface area contributed by atoms with E-state index in [9.17, 15) is 9.59 Å². The van der Waals surface area contributed by atoms with Gasteiger partial charge in [-0.05, 0) is 12.8 Å². The number of aryl methyl sites for hydroxylation is 1. The van der Waals surface area contributed by atoms with Crippen LogP contribution in [0.1, 0.15) is 25.7 Å². The zero-order chi connectivity index (χ0) is 18.5. The van der Waals surface area contributed by atoms with Gasteiger partial charge in [0.2, 0.25) is 5.91 Å². The molecular weight excluding hydrogens is 394 g/mol. The first kappa shape index (κ1) is 19.7. The second-order valence-electron chi connectivity index (χ2n) is 6.52. The van der Waals surface area contributed by atoms with Crippen LogP contribution in [0, 0.1) is 0 Å². The van der Waals surface area contributed by atoms with Gasteiger partial charge in [-0.3, -0.25) is 4.79 Å². The summed E-state index contributed by atoms with van der Waals surface area (Å²) < 4.78 is 1.88. The van der Waals surface area contributed by atoms with Crippen molar-refractivity contribution in [2.24, 2.45) is 7.05 Å². The lowest BCUT2D eigenvalue weighted by molar-refractivity contribution is -0.121.